The fourth-order valence-electron chi connectivity index (χ4n) is 4.60. The molecule has 1 aromatic heterocycles. The third-order valence-electron chi connectivity index (χ3n) is 6.31. The van der Waals surface area contributed by atoms with Gasteiger partial charge >= 0.3 is 0 Å². The number of phenols is 2. The van der Waals surface area contributed by atoms with Gasteiger partial charge in [-0.15, -0.1) is 11.8 Å². The van der Waals surface area contributed by atoms with E-state index >= 15 is 0 Å². The number of unbranched alkanes of at least 4 members (excludes halogenated alkanes) is 3. The van der Waals surface area contributed by atoms with E-state index in [1.807, 2.05) is 30.2 Å². The lowest BCUT2D eigenvalue weighted by atomic mass is 9.86. The molecule has 1 aromatic carbocycles. The fourth-order valence-corrected chi connectivity index (χ4v) is 5.39. The number of nitrogens with one attached hydrogen (secondary N) is 1. The van der Waals surface area contributed by atoms with Gasteiger partial charge in [-0.2, -0.15) is 0 Å². The molecule has 2 aromatic rings. The standard InChI is InChI=1S/C26H39N3O2S/c1-2-17-29(22-8-9-24-21(20-22)7-10-25(30)26(24)31)18-6-4-3-5-13-27-16-19-32-23-11-14-28-15-12-23/h7,10-12,14-15,22,27,30-31H,2-6,8-9,13,16-20H2,1H3/t22-/m0/s1. The number of fused-ring (bicyclic) bond motifs is 1. The second-order valence-electron chi connectivity index (χ2n) is 8.70. The Hall–Kier alpha value is -1.76. The number of nitrogens with zero attached hydrogens (tertiary/aromatic N) is 2. The van der Waals surface area contributed by atoms with Crippen LogP contribution in [0.2, 0.25) is 0 Å². The molecule has 3 N–H and O–H groups in total. The number of hydrogen-bond donors (Lipinski definition) is 3. The Balaban J connectivity index is 1.28. The van der Waals surface area contributed by atoms with Crippen LogP contribution in [0, 0.1) is 0 Å². The molecule has 5 nitrogen and oxygen atoms in total. The van der Waals surface area contributed by atoms with E-state index in [0.717, 1.165) is 56.8 Å². The normalized spacial score (nSPS) is 15.8. The Morgan fingerprint density at radius 1 is 1.03 bits per heavy atom. The minimum Gasteiger partial charge on any atom is -0.504 e. The van der Waals surface area contributed by atoms with Gasteiger partial charge in [-0.3, -0.25) is 4.98 Å². The Morgan fingerprint density at radius 2 is 1.84 bits per heavy atom. The average Bonchev–Trinajstić information content (AvgIpc) is 2.82. The Labute approximate surface area is 197 Å². The Kier molecular flexibility index (Phi) is 10.7. The van der Waals surface area contributed by atoms with Gasteiger partial charge in [-0.05, 0) is 81.9 Å². The minimum atomic E-state index is 0.00889. The van der Waals surface area contributed by atoms with Gasteiger partial charge in [0.05, 0.1) is 0 Å². The molecule has 1 atom stereocenters. The number of hydrogen-bond acceptors (Lipinski definition) is 6. The molecule has 0 saturated heterocycles. The van der Waals surface area contributed by atoms with Crippen LogP contribution in [0.25, 0.3) is 0 Å². The van der Waals surface area contributed by atoms with Crippen molar-refractivity contribution in [1.29, 1.82) is 0 Å². The van der Waals surface area contributed by atoms with Crippen molar-refractivity contribution < 1.29 is 10.2 Å². The number of phenolic OH excluding ortho intramolecular Hbond substituents is 2. The first-order chi connectivity index (χ1) is 15.7. The van der Waals surface area contributed by atoms with Crippen LogP contribution in [0.15, 0.2) is 41.6 Å². The molecular weight excluding hydrogens is 418 g/mol. The highest BCUT2D eigenvalue weighted by molar-refractivity contribution is 7.99. The highest BCUT2D eigenvalue weighted by Crippen LogP contribution is 2.36. The number of aromatic hydroxyl groups is 2. The summed E-state index contributed by atoms with van der Waals surface area (Å²) in [6.07, 6.45) is 12.8. The van der Waals surface area contributed by atoms with Gasteiger partial charge in [-0.1, -0.05) is 25.8 Å². The lowest BCUT2D eigenvalue weighted by Crippen LogP contribution is -2.40. The summed E-state index contributed by atoms with van der Waals surface area (Å²) < 4.78 is 0. The first-order valence-corrected chi connectivity index (χ1v) is 13.2. The monoisotopic (exact) mass is 457 g/mol. The smallest absolute Gasteiger partial charge is 0.160 e. The SMILES string of the molecule is CCCN(CCCCCCNCCSc1ccncc1)[C@H]1CCc2c(ccc(O)c2O)C1. The van der Waals surface area contributed by atoms with E-state index in [4.69, 9.17) is 0 Å². The average molecular weight is 458 g/mol. The summed E-state index contributed by atoms with van der Waals surface area (Å²) in [5.74, 6) is 1.19. The van der Waals surface area contributed by atoms with Gasteiger partial charge in [0.2, 0.25) is 0 Å². The van der Waals surface area contributed by atoms with Gasteiger partial charge < -0.3 is 20.4 Å². The summed E-state index contributed by atoms with van der Waals surface area (Å²) in [7, 11) is 0. The maximum atomic E-state index is 10.1. The van der Waals surface area contributed by atoms with E-state index in [-0.39, 0.29) is 11.5 Å². The van der Waals surface area contributed by atoms with E-state index < -0.39 is 0 Å². The van der Waals surface area contributed by atoms with Crippen LogP contribution in [0.5, 0.6) is 11.5 Å². The molecular formula is C26H39N3O2S. The van der Waals surface area contributed by atoms with E-state index in [0.29, 0.717) is 6.04 Å². The van der Waals surface area contributed by atoms with Crippen LogP contribution in [0.1, 0.15) is 56.6 Å². The molecule has 3 rings (SSSR count). The topological polar surface area (TPSA) is 68.6 Å². The Morgan fingerprint density at radius 3 is 2.66 bits per heavy atom. The quantitative estimate of drug-likeness (QED) is 0.211. The molecule has 0 radical (unpaired) electrons. The summed E-state index contributed by atoms with van der Waals surface area (Å²) in [4.78, 5) is 7.99. The van der Waals surface area contributed by atoms with Gasteiger partial charge in [0.25, 0.3) is 0 Å². The van der Waals surface area contributed by atoms with Crippen LogP contribution in [-0.4, -0.2) is 58.1 Å². The second-order valence-corrected chi connectivity index (χ2v) is 9.87. The zero-order valence-electron chi connectivity index (χ0n) is 19.4. The first kappa shape index (κ1) is 24.9. The van der Waals surface area contributed by atoms with Crippen LogP contribution < -0.4 is 5.32 Å². The van der Waals surface area contributed by atoms with Crippen molar-refractivity contribution in [2.45, 2.75) is 69.2 Å². The third-order valence-corrected chi connectivity index (χ3v) is 7.33. The van der Waals surface area contributed by atoms with Gasteiger partial charge in [0.1, 0.15) is 0 Å². The summed E-state index contributed by atoms with van der Waals surface area (Å²) in [5, 5.41) is 23.5. The van der Waals surface area contributed by atoms with Crippen molar-refractivity contribution in [2.24, 2.45) is 0 Å². The van der Waals surface area contributed by atoms with E-state index in [2.05, 4.69) is 34.3 Å². The first-order valence-electron chi connectivity index (χ1n) is 12.2. The molecule has 176 valence electrons. The molecule has 1 aliphatic carbocycles. The van der Waals surface area contributed by atoms with Gasteiger partial charge in [-0.25, -0.2) is 0 Å². The number of rotatable bonds is 14. The minimum absolute atomic E-state index is 0.00889. The predicted molar refractivity (Wildman–Crippen MR) is 134 cm³/mol. The van der Waals surface area contributed by atoms with Crippen molar-refractivity contribution in [3.8, 4) is 11.5 Å². The zero-order chi connectivity index (χ0) is 22.6. The summed E-state index contributed by atoms with van der Waals surface area (Å²) in [5.41, 5.74) is 2.15. The number of thioether (sulfide) groups is 1. The van der Waals surface area contributed by atoms with Crippen LogP contribution >= 0.6 is 11.8 Å². The molecule has 1 aliphatic rings. The zero-order valence-corrected chi connectivity index (χ0v) is 20.2. The largest absolute Gasteiger partial charge is 0.504 e. The third kappa shape index (κ3) is 7.68. The Bertz CT molecular complexity index is 803. The highest BCUT2D eigenvalue weighted by atomic mass is 32.2. The second kappa shape index (κ2) is 13.7. The van der Waals surface area contributed by atoms with Crippen molar-refractivity contribution in [1.82, 2.24) is 15.2 Å². The molecule has 0 aliphatic heterocycles. The predicted octanol–water partition coefficient (Wildman–Crippen LogP) is 5.00. The van der Waals surface area contributed by atoms with E-state index in [9.17, 15) is 10.2 Å². The number of pyridine rings is 1. The molecule has 0 fully saturated rings. The molecule has 0 bridgehead atoms. The number of aromatic nitrogens is 1. The maximum Gasteiger partial charge on any atom is 0.160 e. The maximum absolute atomic E-state index is 10.1. The molecule has 0 spiro atoms. The van der Waals surface area contributed by atoms with Crippen molar-refractivity contribution in [2.75, 3.05) is 31.9 Å². The molecule has 0 unspecified atom stereocenters. The van der Waals surface area contributed by atoms with Crippen molar-refractivity contribution in [3.63, 3.8) is 0 Å². The number of benzene rings is 1. The van der Waals surface area contributed by atoms with Gasteiger partial charge in [0, 0.05) is 41.2 Å². The lowest BCUT2D eigenvalue weighted by molar-refractivity contribution is 0.175. The highest BCUT2D eigenvalue weighted by Gasteiger charge is 2.26. The van der Waals surface area contributed by atoms with E-state index in [1.54, 1.807) is 6.07 Å². The molecule has 0 saturated carbocycles. The van der Waals surface area contributed by atoms with Crippen molar-refractivity contribution in [3.05, 3.63) is 47.8 Å². The summed E-state index contributed by atoms with van der Waals surface area (Å²) >= 11 is 1.88. The summed E-state index contributed by atoms with van der Waals surface area (Å²) in [6.45, 7) is 6.71. The van der Waals surface area contributed by atoms with Crippen LogP contribution in [0.3, 0.4) is 0 Å². The molecule has 6 heteroatoms. The lowest BCUT2D eigenvalue weighted by Gasteiger charge is -2.35. The van der Waals surface area contributed by atoms with Crippen LogP contribution in [-0.2, 0) is 12.8 Å². The van der Waals surface area contributed by atoms with Crippen LogP contribution in [0.4, 0.5) is 0 Å². The molecule has 32 heavy (non-hydrogen) atoms. The fraction of sp³-hybridized carbons (Fsp3) is 0.577. The molecule has 1 heterocycles. The van der Waals surface area contributed by atoms with Gasteiger partial charge in [0.15, 0.2) is 11.5 Å². The van der Waals surface area contributed by atoms with Crippen molar-refractivity contribution >= 4 is 11.8 Å². The molecule has 0 amide bonds. The summed E-state index contributed by atoms with van der Waals surface area (Å²) in [6, 6.07) is 8.29. The van der Waals surface area contributed by atoms with E-state index in [1.165, 1.54) is 42.6 Å².